The summed E-state index contributed by atoms with van der Waals surface area (Å²) in [5.41, 5.74) is 9.65. The smallest absolute Gasteiger partial charge is 0.408 e. The van der Waals surface area contributed by atoms with E-state index in [1.165, 1.54) is 0 Å². The first-order chi connectivity index (χ1) is 10.8. The van der Waals surface area contributed by atoms with Crippen molar-refractivity contribution in [3.05, 3.63) is 0 Å². The third kappa shape index (κ3) is 15.1. The summed E-state index contributed by atoms with van der Waals surface area (Å²) in [7, 11) is 0. The third-order valence-electron chi connectivity index (χ3n) is 2.66. The standard InChI is InChI=1S/C10H19NO4.C6H14N2O/c1-5-6-7(8(12)13)11-9(14)15-10(2,3)4;1-4(2)3-5(7)6(8)9/h7H,5-6H2,1-4H3,(H,11,14)(H,12,13);4-5H,3,7H2,1-2H3,(H2,8,9)/t7-;5-/m00/s1. The summed E-state index contributed by atoms with van der Waals surface area (Å²) < 4.78 is 4.95. The van der Waals surface area contributed by atoms with Gasteiger partial charge in [-0.1, -0.05) is 27.2 Å². The molecule has 0 saturated carbocycles. The average Bonchev–Trinajstić information content (AvgIpc) is 2.35. The summed E-state index contributed by atoms with van der Waals surface area (Å²) in [6.45, 7) is 11.0. The Bertz CT molecular complexity index is 405. The Morgan fingerprint density at radius 2 is 1.71 bits per heavy atom. The molecule has 0 unspecified atom stereocenters. The molecule has 0 aromatic heterocycles. The first kappa shape index (κ1) is 24.4. The number of hydrogen-bond acceptors (Lipinski definition) is 5. The number of ether oxygens (including phenoxy) is 1. The van der Waals surface area contributed by atoms with Gasteiger partial charge in [-0.15, -0.1) is 0 Å². The molecule has 0 aliphatic heterocycles. The lowest BCUT2D eigenvalue weighted by Crippen LogP contribution is -2.43. The fourth-order valence-electron chi connectivity index (χ4n) is 1.62. The highest BCUT2D eigenvalue weighted by Gasteiger charge is 2.22. The molecule has 0 fully saturated rings. The van der Waals surface area contributed by atoms with Crippen LogP contribution in [0.15, 0.2) is 0 Å². The van der Waals surface area contributed by atoms with Gasteiger partial charge < -0.3 is 26.6 Å². The maximum absolute atomic E-state index is 11.3. The molecule has 0 bridgehead atoms. The third-order valence-corrected chi connectivity index (χ3v) is 2.66. The summed E-state index contributed by atoms with van der Waals surface area (Å²) in [6, 6.07) is -1.34. The van der Waals surface area contributed by atoms with Crippen molar-refractivity contribution in [2.45, 2.75) is 78.5 Å². The van der Waals surface area contributed by atoms with Crippen LogP contribution in [0.4, 0.5) is 4.79 Å². The van der Waals surface area contributed by atoms with Crippen LogP contribution in [0.3, 0.4) is 0 Å². The molecule has 24 heavy (non-hydrogen) atoms. The lowest BCUT2D eigenvalue weighted by molar-refractivity contribution is -0.139. The summed E-state index contributed by atoms with van der Waals surface area (Å²) in [6.07, 6.45) is 1.07. The molecule has 0 aromatic carbocycles. The van der Waals surface area contributed by atoms with Crippen LogP contribution in [-0.4, -0.2) is 40.8 Å². The molecule has 0 spiro atoms. The minimum Gasteiger partial charge on any atom is -0.480 e. The summed E-state index contributed by atoms with van der Waals surface area (Å²) in [5.74, 6) is -1.01. The number of carboxylic acid groups (broad SMARTS) is 1. The fraction of sp³-hybridized carbons (Fsp3) is 0.812. The Hall–Kier alpha value is -1.83. The molecule has 142 valence electrons. The highest BCUT2D eigenvalue weighted by molar-refractivity contribution is 5.80. The normalized spacial score (nSPS) is 13.3. The predicted octanol–water partition coefficient (Wildman–Crippen LogP) is 1.61. The van der Waals surface area contributed by atoms with E-state index in [4.69, 9.17) is 21.3 Å². The first-order valence-corrected chi connectivity index (χ1v) is 8.07. The molecule has 0 aromatic rings. The van der Waals surface area contributed by atoms with E-state index in [2.05, 4.69) is 5.32 Å². The van der Waals surface area contributed by atoms with E-state index in [0.717, 1.165) is 0 Å². The van der Waals surface area contributed by atoms with Crippen LogP contribution >= 0.6 is 0 Å². The van der Waals surface area contributed by atoms with E-state index in [0.29, 0.717) is 25.2 Å². The molecular weight excluding hydrogens is 314 g/mol. The van der Waals surface area contributed by atoms with E-state index in [1.807, 2.05) is 20.8 Å². The second-order valence-electron chi connectivity index (χ2n) is 6.96. The largest absolute Gasteiger partial charge is 0.480 e. The van der Waals surface area contributed by atoms with Gasteiger partial charge in [-0.25, -0.2) is 9.59 Å². The zero-order valence-electron chi connectivity index (χ0n) is 15.6. The molecule has 2 amide bonds. The number of carbonyl (C=O) groups is 3. The second-order valence-corrected chi connectivity index (χ2v) is 6.96. The van der Waals surface area contributed by atoms with Crippen molar-refractivity contribution in [1.82, 2.24) is 5.32 Å². The predicted molar refractivity (Wildman–Crippen MR) is 92.3 cm³/mol. The lowest BCUT2D eigenvalue weighted by atomic mass is 10.0. The number of alkyl carbamates (subject to hydrolysis) is 1. The molecule has 0 radical (unpaired) electrons. The fourth-order valence-corrected chi connectivity index (χ4v) is 1.62. The minimum absolute atomic E-state index is 0.397. The summed E-state index contributed by atoms with van der Waals surface area (Å²) in [5, 5.41) is 11.1. The van der Waals surface area contributed by atoms with Crippen molar-refractivity contribution in [1.29, 1.82) is 0 Å². The van der Waals surface area contributed by atoms with Crippen LogP contribution in [0.25, 0.3) is 0 Å². The van der Waals surface area contributed by atoms with Gasteiger partial charge in [0.1, 0.15) is 11.6 Å². The van der Waals surface area contributed by atoms with Crippen LogP contribution in [0.1, 0.15) is 60.8 Å². The maximum atomic E-state index is 11.3. The number of aliphatic carboxylic acids is 1. The van der Waals surface area contributed by atoms with Crippen molar-refractivity contribution in [2.75, 3.05) is 0 Å². The zero-order valence-corrected chi connectivity index (χ0v) is 15.6. The first-order valence-electron chi connectivity index (χ1n) is 8.07. The van der Waals surface area contributed by atoms with E-state index in [-0.39, 0.29) is 0 Å². The topological polar surface area (TPSA) is 145 Å². The van der Waals surface area contributed by atoms with Crippen molar-refractivity contribution in [3.63, 3.8) is 0 Å². The van der Waals surface area contributed by atoms with Gasteiger partial charge in [0, 0.05) is 0 Å². The van der Waals surface area contributed by atoms with Gasteiger partial charge >= 0.3 is 12.1 Å². The molecule has 8 nitrogen and oxygen atoms in total. The van der Waals surface area contributed by atoms with Crippen LogP contribution in [0.5, 0.6) is 0 Å². The quantitative estimate of drug-likeness (QED) is 0.550. The van der Waals surface area contributed by atoms with E-state index in [1.54, 1.807) is 20.8 Å². The molecule has 2 atom stereocenters. The second kappa shape index (κ2) is 11.7. The van der Waals surface area contributed by atoms with Crippen LogP contribution in [-0.2, 0) is 14.3 Å². The monoisotopic (exact) mass is 347 g/mol. The molecule has 0 saturated heterocycles. The summed E-state index contributed by atoms with van der Waals surface area (Å²) in [4.78, 5) is 32.3. The Labute approximate surface area is 144 Å². The van der Waals surface area contributed by atoms with E-state index < -0.39 is 35.7 Å². The van der Waals surface area contributed by atoms with Crippen LogP contribution < -0.4 is 16.8 Å². The van der Waals surface area contributed by atoms with Gasteiger partial charge in [0.05, 0.1) is 6.04 Å². The van der Waals surface area contributed by atoms with Crippen LogP contribution in [0, 0.1) is 5.92 Å². The SMILES string of the molecule is CC(C)C[C@H](N)C(N)=O.CCC[C@H](NC(=O)OC(C)(C)C)C(=O)O. The van der Waals surface area contributed by atoms with E-state index in [9.17, 15) is 14.4 Å². The van der Waals surface area contributed by atoms with Crippen molar-refractivity contribution < 1.29 is 24.2 Å². The van der Waals surface area contributed by atoms with Gasteiger partial charge in [-0.3, -0.25) is 4.79 Å². The van der Waals surface area contributed by atoms with Gasteiger partial charge in [-0.2, -0.15) is 0 Å². The highest BCUT2D eigenvalue weighted by Crippen LogP contribution is 2.07. The number of amides is 2. The van der Waals surface area contributed by atoms with Gasteiger partial charge in [-0.05, 0) is 39.5 Å². The Kier molecular flexibility index (Phi) is 11.9. The highest BCUT2D eigenvalue weighted by atomic mass is 16.6. The number of nitrogens with one attached hydrogen (secondary N) is 1. The molecular formula is C16H33N3O5. The number of nitrogens with two attached hydrogens (primary N) is 2. The van der Waals surface area contributed by atoms with Crippen molar-refractivity contribution in [3.8, 4) is 0 Å². The number of hydrogen-bond donors (Lipinski definition) is 4. The molecule has 0 heterocycles. The van der Waals surface area contributed by atoms with Crippen LogP contribution in [0.2, 0.25) is 0 Å². The number of primary amides is 1. The van der Waals surface area contributed by atoms with Crippen molar-refractivity contribution >= 4 is 18.0 Å². The van der Waals surface area contributed by atoms with E-state index >= 15 is 0 Å². The number of carbonyl (C=O) groups excluding carboxylic acids is 2. The number of rotatable bonds is 7. The Morgan fingerprint density at radius 3 is 1.96 bits per heavy atom. The zero-order chi connectivity index (χ0) is 19.5. The molecule has 8 heteroatoms. The lowest BCUT2D eigenvalue weighted by Gasteiger charge is -2.21. The van der Waals surface area contributed by atoms with Gasteiger partial charge in [0.2, 0.25) is 5.91 Å². The van der Waals surface area contributed by atoms with Gasteiger partial charge in [0.25, 0.3) is 0 Å². The molecule has 0 aliphatic rings. The maximum Gasteiger partial charge on any atom is 0.408 e. The van der Waals surface area contributed by atoms with Crippen molar-refractivity contribution in [2.24, 2.45) is 17.4 Å². The Morgan fingerprint density at radius 1 is 1.21 bits per heavy atom. The Balaban J connectivity index is 0. The molecule has 0 aliphatic carbocycles. The van der Waals surface area contributed by atoms with Gasteiger partial charge in [0.15, 0.2) is 0 Å². The minimum atomic E-state index is -1.04. The molecule has 0 rings (SSSR count). The molecule has 6 N–H and O–H groups in total. The summed E-state index contributed by atoms with van der Waals surface area (Å²) >= 11 is 0. The number of carboxylic acids is 1. The average molecular weight is 347 g/mol.